The van der Waals surface area contributed by atoms with Gasteiger partial charge >= 0.3 is 0 Å². The summed E-state index contributed by atoms with van der Waals surface area (Å²) in [5.41, 5.74) is 0. The summed E-state index contributed by atoms with van der Waals surface area (Å²) in [6, 6.07) is 0.239. The Balaban J connectivity index is 2.32. The molecule has 1 aliphatic carbocycles. The first kappa shape index (κ1) is 7.34. The van der Waals surface area contributed by atoms with Crippen molar-refractivity contribution in [2.24, 2.45) is 5.16 Å². The summed E-state index contributed by atoms with van der Waals surface area (Å²) in [5, 5.41) is 12.7. The monoisotopic (exact) mass is 162 g/mol. The molecule has 0 saturated heterocycles. The average Bonchev–Trinajstić information content (AvgIpc) is 2.70. The van der Waals surface area contributed by atoms with E-state index in [1.807, 2.05) is 0 Å². The van der Waals surface area contributed by atoms with Crippen LogP contribution in [-0.2, 0) is 4.79 Å². The SMILES string of the molecule is O=C(NC1CC1)/C(Cl)=N/O. The molecule has 1 fully saturated rings. The Bertz CT molecular complexity index is 176. The van der Waals surface area contributed by atoms with E-state index in [9.17, 15) is 4.79 Å². The second-order valence-electron chi connectivity index (χ2n) is 2.14. The van der Waals surface area contributed by atoms with Gasteiger partial charge in [-0.2, -0.15) is 0 Å². The summed E-state index contributed by atoms with van der Waals surface area (Å²) in [5.74, 6) is -0.508. The van der Waals surface area contributed by atoms with Crippen molar-refractivity contribution in [1.82, 2.24) is 5.32 Å². The minimum absolute atomic E-state index is 0.239. The number of halogens is 1. The van der Waals surface area contributed by atoms with E-state index >= 15 is 0 Å². The predicted octanol–water partition coefficient (Wildman–Crippen LogP) is 0.291. The van der Waals surface area contributed by atoms with Gasteiger partial charge in [0.15, 0.2) is 0 Å². The first-order chi connectivity index (χ1) is 4.74. The summed E-state index contributed by atoms with van der Waals surface area (Å²) in [4.78, 5) is 10.7. The lowest BCUT2D eigenvalue weighted by molar-refractivity contribution is -0.114. The molecule has 1 rings (SSSR count). The summed E-state index contributed by atoms with van der Waals surface area (Å²) >= 11 is 5.18. The van der Waals surface area contributed by atoms with Gasteiger partial charge in [-0.3, -0.25) is 4.79 Å². The Kier molecular flexibility index (Phi) is 2.11. The van der Waals surface area contributed by atoms with E-state index in [4.69, 9.17) is 16.8 Å². The van der Waals surface area contributed by atoms with Crippen molar-refractivity contribution in [3.05, 3.63) is 0 Å². The number of hydrogen-bond acceptors (Lipinski definition) is 3. The molecule has 0 aromatic rings. The van der Waals surface area contributed by atoms with E-state index in [2.05, 4.69) is 10.5 Å². The van der Waals surface area contributed by atoms with Gasteiger partial charge < -0.3 is 10.5 Å². The van der Waals surface area contributed by atoms with Crippen LogP contribution in [0.15, 0.2) is 5.16 Å². The maximum absolute atomic E-state index is 10.7. The molecule has 1 amide bonds. The molecule has 0 aromatic carbocycles. The molecule has 0 heterocycles. The molecule has 1 saturated carbocycles. The van der Waals surface area contributed by atoms with Crippen LogP contribution < -0.4 is 5.32 Å². The highest BCUT2D eigenvalue weighted by molar-refractivity contribution is 6.82. The standard InChI is InChI=1S/C5H7ClN2O2/c6-4(8-10)5(9)7-3-1-2-3/h3,10H,1-2H2,(H,7,9)/b8-4-. The van der Waals surface area contributed by atoms with Crippen molar-refractivity contribution in [2.45, 2.75) is 18.9 Å². The Morgan fingerprint density at radius 3 is 2.70 bits per heavy atom. The average molecular weight is 163 g/mol. The third-order valence-electron chi connectivity index (χ3n) is 1.19. The highest BCUT2D eigenvalue weighted by Crippen LogP contribution is 2.18. The molecule has 0 unspecified atom stereocenters. The number of oxime groups is 1. The number of hydrogen-bond donors (Lipinski definition) is 2. The molecule has 56 valence electrons. The zero-order valence-electron chi connectivity index (χ0n) is 5.17. The van der Waals surface area contributed by atoms with Crippen LogP contribution >= 0.6 is 11.6 Å². The maximum atomic E-state index is 10.7. The van der Waals surface area contributed by atoms with Crippen molar-refractivity contribution < 1.29 is 10.0 Å². The summed E-state index contributed by atoms with van der Waals surface area (Å²) in [6.45, 7) is 0. The molecule has 1 aliphatic rings. The van der Waals surface area contributed by atoms with Crippen molar-refractivity contribution in [3.8, 4) is 0 Å². The first-order valence-corrected chi connectivity index (χ1v) is 3.30. The van der Waals surface area contributed by atoms with Gasteiger partial charge in [-0.15, -0.1) is 0 Å². The van der Waals surface area contributed by atoms with E-state index in [-0.39, 0.29) is 6.04 Å². The number of amides is 1. The van der Waals surface area contributed by atoms with Crippen LogP contribution in [-0.4, -0.2) is 22.3 Å². The van der Waals surface area contributed by atoms with Crippen molar-refractivity contribution in [2.75, 3.05) is 0 Å². The normalized spacial score (nSPS) is 18.7. The number of rotatable bonds is 2. The fourth-order valence-corrected chi connectivity index (χ4v) is 0.573. The van der Waals surface area contributed by atoms with Crippen LogP contribution in [0, 0.1) is 0 Å². The zero-order chi connectivity index (χ0) is 7.56. The predicted molar refractivity (Wildman–Crippen MR) is 36.2 cm³/mol. The van der Waals surface area contributed by atoms with Gasteiger partial charge in [-0.25, -0.2) is 0 Å². The van der Waals surface area contributed by atoms with E-state index in [0.29, 0.717) is 0 Å². The van der Waals surface area contributed by atoms with Crippen LogP contribution in [0.2, 0.25) is 0 Å². The topological polar surface area (TPSA) is 61.7 Å². The fourth-order valence-electron chi connectivity index (χ4n) is 0.518. The largest absolute Gasteiger partial charge is 0.409 e. The number of carbonyl (C=O) groups excluding carboxylic acids is 1. The molecular formula is C5H7ClN2O2. The Hall–Kier alpha value is -0.770. The minimum Gasteiger partial charge on any atom is -0.409 e. The van der Waals surface area contributed by atoms with Crippen LogP contribution in [0.5, 0.6) is 0 Å². The molecule has 0 atom stereocenters. The lowest BCUT2D eigenvalue weighted by Crippen LogP contribution is -2.29. The van der Waals surface area contributed by atoms with Gasteiger partial charge in [0.25, 0.3) is 5.91 Å². The van der Waals surface area contributed by atoms with Gasteiger partial charge in [-0.1, -0.05) is 16.8 Å². The smallest absolute Gasteiger partial charge is 0.285 e. The van der Waals surface area contributed by atoms with E-state index in [1.165, 1.54) is 0 Å². The summed E-state index contributed by atoms with van der Waals surface area (Å²) in [7, 11) is 0. The number of nitrogens with one attached hydrogen (secondary N) is 1. The van der Waals surface area contributed by atoms with E-state index < -0.39 is 11.1 Å². The molecule has 10 heavy (non-hydrogen) atoms. The molecule has 0 radical (unpaired) electrons. The molecule has 4 nitrogen and oxygen atoms in total. The Morgan fingerprint density at radius 2 is 2.30 bits per heavy atom. The van der Waals surface area contributed by atoms with Gasteiger partial charge in [0, 0.05) is 6.04 Å². The lowest BCUT2D eigenvalue weighted by atomic mass is 10.6. The second-order valence-corrected chi connectivity index (χ2v) is 2.50. The first-order valence-electron chi connectivity index (χ1n) is 2.92. The highest BCUT2D eigenvalue weighted by atomic mass is 35.5. The quantitative estimate of drug-likeness (QED) is 0.348. The zero-order valence-corrected chi connectivity index (χ0v) is 5.93. The molecule has 0 aliphatic heterocycles. The Morgan fingerprint density at radius 1 is 1.70 bits per heavy atom. The van der Waals surface area contributed by atoms with Crippen LogP contribution in [0.3, 0.4) is 0 Å². The molecule has 2 N–H and O–H groups in total. The van der Waals surface area contributed by atoms with Gasteiger partial charge in [0.1, 0.15) is 0 Å². The van der Waals surface area contributed by atoms with Gasteiger partial charge in [0.2, 0.25) is 5.17 Å². The molecule has 0 bridgehead atoms. The minimum atomic E-state index is -0.508. The second kappa shape index (κ2) is 2.88. The molecule has 0 aromatic heterocycles. The third kappa shape index (κ3) is 1.88. The molecule has 0 spiro atoms. The number of nitrogens with zero attached hydrogens (tertiary/aromatic N) is 1. The van der Waals surface area contributed by atoms with E-state index in [0.717, 1.165) is 12.8 Å². The maximum Gasteiger partial charge on any atom is 0.285 e. The van der Waals surface area contributed by atoms with Crippen LogP contribution in [0.4, 0.5) is 0 Å². The van der Waals surface area contributed by atoms with Crippen molar-refractivity contribution >= 4 is 22.7 Å². The third-order valence-corrected chi connectivity index (χ3v) is 1.43. The summed E-state index contributed by atoms with van der Waals surface area (Å²) < 4.78 is 0. The highest BCUT2D eigenvalue weighted by Gasteiger charge is 2.24. The van der Waals surface area contributed by atoms with Crippen LogP contribution in [0.1, 0.15) is 12.8 Å². The van der Waals surface area contributed by atoms with Crippen molar-refractivity contribution in [3.63, 3.8) is 0 Å². The molecule has 5 heteroatoms. The lowest BCUT2D eigenvalue weighted by Gasteiger charge is -1.96. The Labute approximate surface area is 62.9 Å². The van der Waals surface area contributed by atoms with Crippen LogP contribution in [0.25, 0.3) is 0 Å². The molecular weight excluding hydrogens is 156 g/mol. The van der Waals surface area contributed by atoms with E-state index in [1.54, 1.807) is 0 Å². The van der Waals surface area contributed by atoms with Crippen molar-refractivity contribution in [1.29, 1.82) is 0 Å². The number of carbonyl (C=O) groups is 1. The van der Waals surface area contributed by atoms with Gasteiger partial charge in [0.05, 0.1) is 0 Å². The fraction of sp³-hybridized carbons (Fsp3) is 0.600. The summed E-state index contributed by atoms with van der Waals surface area (Å²) in [6.07, 6.45) is 1.97. The van der Waals surface area contributed by atoms with Gasteiger partial charge in [-0.05, 0) is 12.8 Å².